The topological polar surface area (TPSA) is 99.2 Å². The van der Waals surface area contributed by atoms with E-state index in [1.807, 2.05) is 0 Å². The van der Waals surface area contributed by atoms with Gasteiger partial charge in [-0.3, -0.25) is 14.4 Å². The molecule has 0 aromatic rings. The summed E-state index contributed by atoms with van der Waals surface area (Å²) in [6.07, 6.45) is 0.587. The van der Waals surface area contributed by atoms with Gasteiger partial charge in [-0.2, -0.15) is 0 Å². The Balaban J connectivity index is 5.02. The number of rotatable bonds is 10. The zero-order valence-corrected chi connectivity index (χ0v) is 19.1. The minimum Gasteiger partial charge on any atom is -0.466 e. The van der Waals surface area contributed by atoms with Gasteiger partial charge in [-0.1, -0.05) is 0 Å². The molecule has 0 aliphatic heterocycles. The standard InChI is InChI=1S/C21H37NO7/c1-9-27-17(24)12-10-11-16(23)22(8)15(19(26)29-21(5,6)7)13-14-18(25)28-20(2,3)4/h15H,9-14H2,1-8H3. The second-order valence-corrected chi connectivity index (χ2v) is 8.84. The summed E-state index contributed by atoms with van der Waals surface area (Å²) in [5.41, 5.74) is -1.36. The third-order valence-corrected chi connectivity index (χ3v) is 3.66. The van der Waals surface area contributed by atoms with Crippen LogP contribution in [0.15, 0.2) is 0 Å². The van der Waals surface area contributed by atoms with E-state index in [2.05, 4.69) is 0 Å². The summed E-state index contributed by atoms with van der Waals surface area (Å²) in [6, 6.07) is -0.920. The molecule has 1 unspecified atom stereocenters. The van der Waals surface area contributed by atoms with Crippen LogP contribution < -0.4 is 0 Å². The number of nitrogens with zero attached hydrogens (tertiary/aromatic N) is 1. The third-order valence-electron chi connectivity index (χ3n) is 3.66. The van der Waals surface area contributed by atoms with Crippen LogP contribution in [-0.2, 0) is 33.4 Å². The van der Waals surface area contributed by atoms with Crippen molar-refractivity contribution in [2.75, 3.05) is 13.7 Å². The van der Waals surface area contributed by atoms with Gasteiger partial charge in [-0.05, 0) is 61.3 Å². The Bertz CT molecular complexity index is 573. The average Bonchev–Trinajstić information content (AvgIpc) is 2.51. The fourth-order valence-corrected chi connectivity index (χ4v) is 2.45. The number of carbonyl (C=O) groups excluding carboxylic acids is 4. The lowest BCUT2D eigenvalue weighted by atomic mass is 10.1. The lowest BCUT2D eigenvalue weighted by Crippen LogP contribution is -2.45. The fraction of sp³-hybridized carbons (Fsp3) is 0.810. The lowest BCUT2D eigenvalue weighted by molar-refractivity contribution is -0.165. The smallest absolute Gasteiger partial charge is 0.329 e. The number of amides is 1. The third kappa shape index (κ3) is 12.9. The molecule has 8 heteroatoms. The average molecular weight is 416 g/mol. The van der Waals surface area contributed by atoms with Crippen LogP contribution in [-0.4, -0.2) is 59.6 Å². The second kappa shape index (κ2) is 11.8. The van der Waals surface area contributed by atoms with E-state index in [0.29, 0.717) is 6.42 Å². The Morgan fingerprint density at radius 1 is 0.828 bits per heavy atom. The Hall–Kier alpha value is -2.12. The molecule has 0 aromatic heterocycles. The highest BCUT2D eigenvalue weighted by Gasteiger charge is 2.32. The molecule has 0 heterocycles. The molecule has 0 bridgehead atoms. The first-order valence-electron chi connectivity index (χ1n) is 10.0. The van der Waals surface area contributed by atoms with Gasteiger partial charge in [0.25, 0.3) is 0 Å². The van der Waals surface area contributed by atoms with E-state index in [-0.39, 0.29) is 44.2 Å². The van der Waals surface area contributed by atoms with Crippen molar-refractivity contribution in [3.05, 3.63) is 0 Å². The lowest BCUT2D eigenvalue weighted by Gasteiger charge is -2.30. The Morgan fingerprint density at radius 2 is 1.38 bits per heavy atom. The first-order valence-corrected chi connectivity index (χ1v) is 10.0. The van der Waals surface area contributed by atoms with E-state index in [4.69, 9.17) is 14.2 Å². The van der Waals surface area contributed by atoms with Gasteiger partial charge >= 0.3 is 17.9 Å². The van der Waals surface area contributed by atoms with Crippen LogP contribution in [0.4, 0.5) is 0 Å². The molecule has 0 aliphatic rings. The van der Waals surface area contributed by atoms with Crippen molar-refractivity contribution in [2.24, 2.45) is 0 Å². The van der Waals surface area contributed by atoms with Gasteiger partial charge in [0.1, 0.15) is 17.2 Å². The van der Waals surface area contributed by atoms with Crippen molar-refractivity contribution in [3.63, 3.8) is 0 Å². The van der Waals surface area contributed by atoms with Crippen molar-refractivity contribution in [3.8, 4) is 0 Å². The van der Waals surface area contributed by atoms with E-state index in [1.165, 1.54) is 11.9 Å². The van der Waals surface area contributed by atoms with Crippen molar-refractivity contribution in [2.45, 2.75) is 97.8 Å². The van der Waals surface area contributed by atoms with Crippen molar-refractivity contribution < 1.29 is 33.4 Å². The van der Waals surface area contributed by atoms with Crippen LogP contribution in [0.25, 0.3) is 0 Å². The van der Waals surface area contributed by atoms with E-state index in [1.54, 1.807) is 48.5 Å². The van der Waals surface area contributed by atoms with Gasteiger partial charge in [0.05, 0.1) is 6.61 Å². The predicted molar refractivity (Wildman–Crippen MR) is 108 cm³/mol. The van der Waals surface area contributed by atoms with Gasteiger partial charge in [0, 0.05) is 26.3 Å². The summed E-state index contributed by atoms with van der Waals surface area (Å²) in [5.74, 6) is -1.71. The number of hydrogen-bond donors (Lipinski definition) is 0. The zero-order chi connectivity index (χ0) is 22.8. The van der Waals surface area contributed by atoms with Gasteiger partial charge in [-0.25, -0.2) is 4.79 Å². The maximum absolute atomic E-state index is 12.6. The van der Waals surface area contributed by atoms with Crippen LogP contribution in [0.2, 0.25) is 0 Å². The minimum absolute atomic E-state index is 0.0262. The molecule has 0 saturated carbocycles. The van der Waals surface area contributed by atoms with Crippen molar-refractivity contribution in [1.82, 2.24) is 4.90 Å². The molecule has 0 N–H and O–H groups in total. The maximum atomic E-state index is 12.6. The quantitative estimate of drug-likeness (QED) is 0.399. The molecule has 168 valence electrons. The molecule has 0 aromatic carbocycles. The minimum atomic E-state index is -0.920. The molecule has 29 heavy (non-hydrogen) atoms. The van der Waals surface area contributed by atoms with E-state index in [0.717, 1.165) is 0 Å². The molecule has 0 aliphatic carbocycles. The summed E-state index contributed by atoms with van der Waals surface area (Å²) in [6.45, 7) is 12.5. The second-order valence-electron chi connectivity index (χ2n) is 8.84. The van der Waals surface area contributed by atoms with Crippen molar-refractivity contribution in [1.29, 1.82) is 0 Å². The summed E-state index contributed by atoms with van der Waals surface area (Å²) in [4.78, 5) is 49.9. The van der Waals surface area contributed by atoms with E-state index >= 15 is 0 Å². The molecule has 8 nitrogen and oxygen atoms in total. The highest BCUT2D eigenvalue weighted by atomic mass is 16.6. The number of esters is 3. The Kier molecular flexibility index (Phi) is 10.9. The molecule has 0 radical (unpaired) electrons. The van der Waals surface area contributed by atoms with Gasteiger partial charge < -0.3 is 19.1 Å². The number of carbonyl (C=O) groups is 4. The number of hydrogen-bond acceptors (Lipinski definition) is 7. The molecule has 0 rings (SSSR count). The van der Waals surface area contributed by atoms with E-state index < -0.39 is 29.2 Å². The predicted octanol–water partition coefficient (Wildman–Crippen LogP) is 3.01. The first kappa shape index (κ1) is 26.9. The zero-order valence-electron chi connectivity index (χ0n) is 19.1. The number of likely N-dealkylation sites (N-methyl/N-ethyl adjacent to an activating group) is 1. The maximum Gasteiger partial charge on any atom is 0.329 e. The first-order chi connectivity index (χ1) is 13.2. The molecular weight excluding hydrogens is 378 g/mol. The van der Waals surface area contributed by atoms with E-state index in [9.17, 15) is 19.2 Å². The monoisotopic (exact) mass is 415 g/mol. The van der Waals surface area contributed by atoms with Gasteiger partial charge in [0.2, 0.25) is 5.91 Å². The fourth-order valence-electron chi connectivity index (χ4n) is 2.45. The molecular formula is C21H37NO7. The molecule has 0 fully saturated rings. The summed E-state index contributed by atoms with van der Waals surface area (Å²) in [5, 5.41) is 0. The van der Waals surface area contributed by atoms with Crippen molar-refractivity contribution >= 4 is 23.8 Å². The van der Waals surface area contributed by atoms with Gasteiger partial charge in [0.15, 0.2) is 0 Å². The number of ether oxygens (including phenoxy) is 3. The highest BCUT2D eigenvalue weighted by Crippen LogP contribution is 2.17. The summed E-state index contributed by atoms with van der Waals surface area (Å²) in [7, 11) is 1.50. The Labute approximate surface area is 174 Å². The molecule has 1 atom stereocenters. The van der Waals surface area contributed by atoms with Crippen LogP contribution in [0, 0.1) is 0 Å². The normalized spacial score (nSPS) is 12.7. The van der Waals surface area contributed by atoms with Crippen LogP contribution in [0.3, 0.4) is 0 Å². The molecule has 0 saturated heterocycles. The van der Waals surface area contributed by atoms with Crippen LogP contribution >= 0.6 is 0 Å². The highest BCUT2D eigenvalue weighted by molar-refractivity contribution is 5.85. The Morgan fingerprint density at radius 3 is 1.86 bits per heavy atom. The summed E-state index contributed by atoms with van der Waals surface area (Å²) >= 11 is 0. The van der Waals surface area contributed by atoms with Crippen LogP contribution in [0.1, 0.15) is 80.6 Å². The molecule has 0 spiro atoms. The van der Waals surface area contributed by atoms with Gasteiger partial charge in [-0.15, -0.1) is 0 Å². The SMILES string of the molecule is CCOC(=O)CCCC(=O)N(C)C(CCC(=O)OC(C)(C)C)C(=O)OC(C)(C)C. The van der Waals surface area contributed by atoms with Crippen LogP contribution in [0.5, 0.6) is 0 Å². The largest absolute Gasteiger partial charge is 0.466 e. The molecule has 1 amide bonds. The summed E-state index contributed by atoms with van der Waals surface area (Å²) < 4.78 is 15.5.